The van der Waals surface area contributed by atoms with Crippen LogP contribution in [0.5, 0.6) is 0 Å². The number of nitrogens with one attached hydrogen (secondary N) is 3. The van der Waals surface area contributed by atoms with Crippen LogP contribution in [0.2, 0.25) is 0 Å². The molecule has 1 amide bonds. The lowest BCUT2D eigenvalue weighted by atomic mass is 9.92. The fourth-order valence-electron chi connectivity index (χ4n) is 3.16. The van der Waals surface area contributed by atoms with Crippen LogP contribution in [-0.2, 0) is 11.0 Å². The highest BCUT2D eigenvalue weighted by Gasteiger charge is 2.57. The maximum atomic E-state index is 12.7. The average molecular weight is 352 g/mol. The van der Waals surface area contributed by atoms with E-state index in [4.69, 9.17) is 0 Å². The first-order valence-corrected chi connectivity index (χ1v) is 7.13. The van der Waals surface area contributed by atoms with Crippen LogP contribution >= 0.6 is 12.4 Å². The highest BCUT2D eigenvalue weighted by Crippen LogP contribution is 2.58. The van der Waals surface area contributed by atoms with Crippen LogP contribution in [0.4, 0.5) is 18.9 Å². The van der Waals surface area contributed by atoms with Crippen LogP contribution in [0.3, 0.4) is 0 Å². The van der Waals surface area contributed by atoms with Crippen molar-refractivity contribution in [2.45, 2.75) is 25.4 Å². The van der Waals surface area contributed by atoms with E-state index in [-0.39, 0.29) is 35.3 Å². The topological polar surface area (TPSA) is 74.0 Å². The van der Waals surface area contributed by atoms with Gasteiger partial charge in [0.25, 0.3) is 5.56 Å². The summed E-state index contributed by atoms with van der Waals surface area (Å²) in [6.45, 7) is 1.68. The summed E-state index contributed by atoms with van der Waals surface area (Å²) >= 11 is 0. The minimum Gasteiger partial charge on any atom is -0.327 e. The van der Waals surface area contributed by atoms with Crippen molar-refractivity contribution in [1.29, 1.82) is 0 Å². The van der Waals surface area contributed by atoms with Gasteiger partial charge in [0.1, 0.15) is 5.69 Å². The number of hydrogen-bond donors (Lipinski definition) is 3. The number of alkyl halides is 3. The highest BCUT2D eigenvalue weighted by molar-refractivity contribution is 5.95. The van der Waals surface area contributed by atoms with Gasteiger partial charge in [0, 0.05) is 12.1 Å². The molecular weight excluding hydrogens is 335 g/mol. The SMILES string of the molecule is Cl.O=C(Nc1cc(C(F)(F)F)c[nH]c1=O)C1CC12CCNCC2. The second-order valence-corrected chi connectivity index (χ2v) is 5.99. The molecule has 3 rings (SSSR count). The van der Waals surface area contributed by atoms with Crippen molar-refractivity contribution in [2.24, 2.45) is 11.3 Å². The van der Waals surface area contributed by atoms with Gasteiger partial charge >= 0.3 is 6.18 Å². The number of amides is 1. The van der Waals surface area contributed by atoms with E-state index in [1.165, 1.54) is 0 Å². The molecule has 1 atom stereocenters. The molecule has 1 aliphatic heterocycles. The van der Waals surface area contributed by atoms with E-state index in [0.717, 1.165) is 32.4 Å². The van der Waals surface area contributed by atoms with E-state index in [2.05, 4.69) is 10.6 Å². The van der Waals surface area contributed by atoms with Gasteiger partial charge in [-0.15, -0.1) is 12.4 Å². The molecule has 0 bridgehead atoms. The Labute approximate surface area is 136 Å². The lowest BCUT2D eigenvalue weighted by Gasteiger charge is -2.23. The van der Waals surface area contributed by atoms with Gasteiger partial charge in [-0.05, 0) is 43.8 Å². The van der Waals surface area contributed by atoms with Crippen LogP contribution < -0.4 is 16.2 Å². The highest BCUT2D eigenvalue weighted by atomic mass is 35.5. The van der Waals surface area contributed by atoms with E-state index >= 15 is 0 Å². The number of rotatable bonds is 2. The monoisotopic (exact) mass is 351 g/mol. The van der Waals surface area contributed by atoms with Crippen molar-refractivity contribution in [3.8, 4) is 0 Å². The van der Waals surface area contributed by atoms with Gasteiger partial charge in [-0.3, -0.25) is 9.59 Å². The van der Waals surface area contributed by atoms with Gasteiger partial charge in [0.15, 0.2) is 0 Å². The Kier molecular flexibility index (Phi) is 4.77. The largest absolute Gasteiger partial charge is 0.417 e. The zero-order valence-corrected chi connectivity index (χ0v) is 12.9. The predicted molar refractivity (Wildman–Crippen MR) is 80.6 cm³/mol. The molecule has 9 heteroatoms. The fourth-order valence-corrected chi connectivity index (χ4v) is 3.16. The molecule has 23 heavy (non-hydrogen) atoms. The normalized spacial score (nSPS) is 22.3. The molecule has 2 fully saturated rings. The summed E-state index contributed by atoms with van der Waals surface area (Å²) in [5.74, 6) is -0.588. The minimum absolute atomic E-state index is 0. The third-order valence-electron chi connectivity index (χ3n) is 4.59. The number of pyridine rings is 1. The van der Waals surface area contributed by atoms with Crippen LogP contribution in [0, 0.1) is 11.3 Å². The molecule has 1 saturated heterocycles. The van der Waals surface area contributed by atoms with Crippen LogP contribution in [0.1, 0.15) is 24.8 Å². The summed E-state index contributed by atoms with van der Waals surface area (Å²) in [6, 6.07) is 0.675. The van der Waals surface area contributed by atoms with Crippen molar-refractivity contribution in [3.05, 3.63) is 28.2 Å². The molecule has 3 N–H and O–H groups in total. The number of hydrogen-bond acceptors (Lipinski definition) is 3. The van der Waals surface area contributed by atoms with Gasteiger partial charge in [0.2, 0.25) is 5.91 Å². The summed E-state index contributed by atoms with van der Waals surface area (Å²) in [5.41, 5.74) is -2.11. The van der Waals surface area contributed by atoms with Crippen LogP contribution in [-0.4, -0.2) is 24.0 Å². The van der Waals surface area contributed by atoms with Gasteiger partial charge in [-0.25, -0.2) is 0 Å². The first kappa shape index (κ1) is 17.8. The smallest absolute Gasteiger partial charge is 0.327 e. The molecule has 1 saturated carbocycles. The maximum absolute atomic E-state index is 12.7. The lowest BCUT2D eigenvalue weighted by Crippen LogP contribution is -2.32. The maximum Gasteiger partial charge on any atom is 0.417 e. The number of piperidine rings is 1. The number of anilines is 1. The Bertz CT molecular complexity index is 653. The molecule has 128 valence electrons. The van der Waals surface area contributed by atoms with Crippen molar-refractivity contribution in [2.75, 3.05) is 18.4 Å². The number of H-pyrrole nitrogens is 1. The number of aromatic nitrogens is 1. The van der Waals surface area contributed by atoms with E-state index in [1.807, 2.05) is 4.98 Å². The Hall–Kier alpha value is -1.54. The van der Waals surface area contributed by atoms with Crippen molar-refractivity contribution in [1.82, 2.24) is 10.3 Å². The minimum atomic E-state index is -4.57. The number of aromatic amines is 1. The van der Waals surface area contributed by atoms with Crippen molar-refractivity contribution in [3.63, 3.8) is 0 Å². The first-order valence-electron chi connectivity index (χ1n) is 7.13. The zero-order valence-electron chi connectivity index (χ0n) is 12.1. The molecule has 0 radical (unpaired) electrons. The van der Waals surface area contributed by atoms with Gasteiger partial charge in [0.05, 0.1) is 5.56 Å². The molecule has 2 aliphatic rings. The molecular formula is C14H17ClF3N3O2. The first-order chi connectivity index (χ1) is 10.3. The second kappa shape index (κ2) is 6.16. The predicted octanol–water partition coefficient (Wildman–Crippen LogP) is 2.14. The van der Waals surface area contributed by atoms with Gasteiger partial charge in [-0.2, -0.15) is 13.2 Å². The Morgan fingerprint density at radius 2 is 1.96 bits per heavy atom. The summed E-state index contributed by atoms with van der Waals surface area (Å²) in [5, 5.41) is 5.56. The van der Waals surface area contributed by atoms with E-state index < -0.39 is 17.3 Å². The third-order valence-corrected chi connectivity index (χ3v) is 4.59. The van der Waals surface area contributed by atoms with E-state index in [0.29, 0.717) is 12.3 Å². The molecule has 5 nitrogen and oxygen atoms in total. The van der Waals surface area contributed by atoms with Crippen molar-refractivity contribution < 1.29 is 18.0 Å². The fraction of sp³-hybridized carbons (Fsp3) is 0.571. The summed E-state index contributed by atoms with van der Waals surface area (Å²) < 4.78 is 38.0. The molecule has 2 heterocycles. The number of carbonyl (C=O) groups is 1. The van der Waals surface area contributed by atoms with Gasteiger partial charge < -0.3 is 15.6 Å². The summed E-state index contributed by atoms with van der Waals surface area (Å²) in [4.78, 5) is 25.8. The number of halogens is 4. The molecule has 1 unspecified atom stereocenters. The van der Waals surface area contributed by atoms with Crippen molar-refractivity contribution >= 4 is 24.0 Å². The Balaban J connectivity index is 0.00000192. The Morgan fingerprint density at radius 1 is 1.30 bits per heavy atom. The van der Waals surface area contributed by atoms with Gasteiger partial charge in [-0.1, -0.05) is 0 Å². The zero-order chi connectivity index (χ0) is 16.0. The summed E-state index contributed by atoms with van der Waals surface area (Å²) in [6.07, 6.45) is -1.48. The lowest BCUT2D eigenvalue weighted by molar-refractivity contribution is -0.137. The molecule has 1 aliphatic carbocycles. The quantitative estimate of drug-likeness (QED) is 0.764. The standard InChI is InChI=1S/C14H16F3N3O2.ClH/c15-14(16,17)8-5-10(12(22)19-7-8)20-11(21)9-6-13(9)1-3-18-4-2-13;/h5,7,9,18H,1-4,6H2,(H,19,22)(H,20,21);1H. The molecule has 0 aromatic carbocycles. The van der Waals surface area contributed by atoms with E-state index in [1.54, 1.807) is 0 Å². The van der Waals surface area contributed by atoms with Crippen LogP contribution in [0.25, 0.3) is 0 Å². The van der Waals surface area contributed by atoms with E-state index in [9.17, 15) is 22.8 Å². The average Bonchev–Trinajstić information content (AvgIpc) is 3.14. The third kappa shape index (κ3) is 3.53. The summed E-state index contributed by atoms with van der Waals surface area (Å²) in [7, 11) is 0. The van der Waals surface area contributed by atoms with Crippen LogP contribution in [0.15, 0.2) is 17.1 Å². The molecule has 1 aromatic rings. The second-order valence-electron chi connectivity index (χ2n) is 5.99. The number of carbonyl (C=O) groups excluding carboxylic acids is 1. The molecule has 1 aromatic heterocycles. The Morgan fingerprint density at radius 3 is 2.57 bits per heavy atom. The molecule has 1 spiro atoms.